The number of carbonyl (C=O) groups excluding carboxylic acids is 1. The molecule has 0 heterocycles. The first-order valence-corrected chi connectivity index (χ1v) is 6.75. The van der Waals surface area contributed by atoms with E-state index in [4.69, 9.17) is 4.74 Å². The second kappa shape index (κ2) is 6.75. The molecule has 0 fully saturated rings. The molecule has 1 N–H and O–H groups in total. The minimum atomic E-state index is -0.154. The summed E-state index contributed by atoms with van der Waals surface area (Å²) in [6.07, 6.45) is 0.948. The van der Waals surface area contributed by atoms with Gasteiger partial charge in [-0.15, -0.1) is 0 Å². The molecule has 0 atom stereocenters. The Balaban J connectivity index is 1.87. The Bertz CT molecular complexity index is 576. The highest BCUT2D eigenvalue weighted by Crippen LogP contribution is 2.13. The Kier molecular flexibility index (Phi) is 4.77. The average Bonchev–Trinajstić information content (AvgIpc) is 2.47. The van der Waals surface area contributed by atoms with E-state index in [-0.39, 0.29) is 12.5 Å². The average molecular weight is 269 g/mol. The standard InChI is InChI=1S/C17H19NO2/c1-3-14-5-4-6-15(11-14)18-17(19)12-20-16-9-7-13(2)8-10-16/h4-11H,3,12H2,1-2H3,(H,18,19). The smallest absolute Gasteiger partial charge is 0.262 e. The minimum Gasteiger partial charge on any atom is -0.484 e. The highest BCUT2D eigenvalue weighted by Gasteiger charge is 2.04. The van der Waals surface area contributed by atoms with Crippen molar-refractivity contribution in [1.82, 2.24) is 0 Å². The zero-order chi connectivity index (χ0) is 14.4. The lowest BCUT2D eigenvalue weighted by atomic mass is 10.1. The molecule has 2 rings (SSSR count). The van der Waals surface area contributed by atoms with Gasteiger partial charge in [-0.25, -0.2) is 0 Å². The van der Waals surface area contributed by atoms with Gasteiger partial charge in [-0.1, -0.05) is 36.8 Å². The second-order valence-electron chi connectivity index (χ2n) is 4.70. The van der Waals surface area contributed by atoms with Gasteiger partial charge in [0.2, 0.25) is 0 Å². The summed E-state index contributed by atoms with van der Waals surface area (Å²) in [4.78, 5) is 11.8. The number of benzene rings is 2. The van der Waals surface area contributed by atoms with Crippen LogP contribution in [-0.2, 0) is 11.2 Å². The van der Waals surface area contributed by atoms with Crippen molar-refractivity contribution in [2.24, 2.45) is 0 Å². The predicted octanol–water partition coefficient (Wildman–Crippen LogP) is 3.57. The van der Waals surface area contributed by atoms with Crippen molar-refractivity contribution in [3.05, 3.63) is 59.7 Å². The fraction of sp³-hybridized carbons (Fsp3) is 0.235. The molecule has 0 aliphatic heterocycles. The van der Waals surface area contributed by atoms with Crippen molar-refractivity contribution in [3.8, 4) is 5.75 Å². The third-order valence-corrected chi connectivity index (χ3v) is 3.01. The molecule has 0 aliphatic carbocycles. The first-order valence-electron chi connectivity index (χ1n) is 6.75. The van der Waals surface area contributed by atoms with Gasteiger partial charge in [-0.3, -0.25) is 4.79 Å². The molecule has 2 aromatic rings. The van der Waals surface area contributed by atoms with Crippen molar-refractivity contribution >= 4 is 11.6 Å². The van der Waals surface area contributed by atoms with Crippen LogP contribution in [0, 0.1) is 6.92 Å². The van der Waals surface area contributed by atoms with Crippen LogP contribution in [0.2, 0.25) is 0 Å². The summed E-state index contributed by atoms with van der Waals surface area (Å²) in [5.74, 6) is 0.548. The number of rotatable bonds is 5. The van der Waals surface area contributed by atoms with Gasteiger partial charge >= 0.3 is 0 Å². The van der Waals surface area contributed by atoms with Gasteiger partial charge in [-0.2, -0.15) is 0 Å². The Labute approximate surface area is 119 Å². The summed E-state index contributed by atoms with van der Waals surface area (Å²) in [6.45, 7) is 4.11. The number of aryl methyl sites for hydroxylation is 2. The number of nitrogens with one attached hydrogen (secondary N) is 1. The molecule has 3 nitrogen and oxygen atoms in total. The van der Waals surface area contributed by atoms with E-state index in [1.807, 2.05) is 55.5 Å². The summed E-state index contributed by atoms with van der Waals surface area (Å²) in [7, 11) is 0. The van der Waals surface area contributed by atoms with E-state index in [2.05, 4.69) is 12.2 Å². The van der Waals surface area contributed by atoms with E-state index in [9.17, 15) is 4.79 Å². The minimum absolute atomic E-state index is 0.0133. The van der Waals surface area contributed by atoms with Crippen LogP contribution in [0.5, 0.6) is 5.75 Å². The number of carbonyl (C=O) groups is 1. The lowest BCUT2D eigenvalue weighted by molar-refractivity contribution is -0.118. The number of hydrogen-bond acceptors (Lipinski definition) is 2. The molecule has 0 spiro atoms. The molecule has 3 heteroatoms. The maximum Gasteiger partial charge on any atom is 0.262 e. The van der Waals surface area contributed by atoms with E-state index < -0.39 is 0 Å². The molecule has 0 saturated heterocycles. The number of ether oxygens (including phenoxy) is 1. The maximum absolute atomic E-state index is 11.8. The molecule has 0 aliphatic rings. The lowest BCUT2D eigenvalue weighted by Gasteiger charge is -2.08. The molecule has 1 amide bonds. The molecule has 0 radical (unpaired) electrons. The normalized spacial score (nSPS) is 10.1. The highest BCUT2D eigenvalue weighted by molar-refractivity contribution is 5.91. The quantitative estimate of drug-likeness (QED) is 0.901. The summed E-state index contributed by atoms with van der Waals surface area (Å²) >= 11 is 0. The van der Waals surface area contributed by atoms with E-state index in [0.717, 1.165) is 17.7 Å². The van der Waals surface area contributed by atoms with Crippen molar-refractivity contribution in [2.75, 3.05) is 11.9 Å². The second-order valence-corrected chi connectivity index (χ2v) is 4.70. The van der Waals surface area contributed by atoms with Crippen LogP contribution in [0.3, 0.4) is 0 Å². The van der Waals surface area contributed by atoms with E-state index in [0.29, 0.717) is 5.75 Å². The van der Waals surface area contributed by atoms with Gasteiger partial charge in [0.25, 0.3) is 5.91 Å². The monoisotopic (exact) mass is 269 g/mol. The lowest BCUT2D eigenvalue weighted by Crippen LogP contribution is -2.20. The third kappa shape index (κ3) is 4.12. The number of hydrogen-bond donors (Lipinski definition) is 1. The zero-order valence-corrected chi connectivity index (χ0v) is 11.8. The van der Waals surface area contributed by atoms with Crippen LogP contribution in [0.15, 0.2) is 48.5 Å². The van der Waals surface area contributed by atoms with Crippen LogP contribution >= 0.6 is 0 Å². The van der Waals surface area contributed by atoms with Crippen LogP contribution in [0.1, 0.15) is 18.1 Å². The molecule has 2 aromatic carbocycles. The number of amides is 1. The van der Waals surface area contributed by atoms with Crippen molar-refractivity contribution in [1.29, 1.82) is 0 Å². The Morgan fingerprint density at radius 2 is 1.90 bits per heavy atom. The summed E-state index contributed by atoms with van der Waals surface area (Å²) < 4.78 is 5.44. The third-order valence-electron chi connectivity index (χ3n) is 3.01. The van der Waals surface area contributed by atoms with E-state index in [1.54, 1.807) is 0 Å². The van der Waals surface area contributed by atoms with Crippen molar-refractivity contribution in [2.45, 2.75) is 20.3 Å². The summed E-state index contributed by atoms with van der Waals surface area (Å²) in [5.41, 5.74) is 3.17. The van der Waals surface area contributed by atoms with Gasteiger partial charge < -0.3 is 10.1 Å². The van der Waals surface area contributed by atoms with Gasteiger partial charge in [0.1, 0.15) is 5.75 Å². The van der Waals surface area contributed by atoms with Crippen LogP contribution in [0.25, 0.3) is 0 Å². The van der Waals surface area contributed by atoms with Gasteiger partial charge in [-0.05, 0) is 43.2 Å². The maximum atomic E-state index is 11.8. The summed E-state index contributed by atoms with van der Waals surface area (Å²) in [6, 6.07) is 15.5. The highest BCUT2D eigenvalue weighted by atomic mass is 16.5. The van der Waals surface area contributed by atoms with E-state index in [1.165, 1.54) is 5.56 Å². The molecule has 0 unspecified atom stereocenters. The first-order chi connectivity index (χ1) is 9.67. The molecule has 0 aromatic heterocycles. The molecule has 20 heavy (non-hydrogen) atoms. The topological polar surface area (TPSA) is 38.3 Å². The zero-order valence-electron chi connectivity index (χ0n) is 11.8. The largest absolute Gasteiger partial charge is 0.484 e. The van der Waals surface area contributed by atoms with Crippen molar-refractivity contribution < 1.29 is 9.53 Å². The Hall–Kier alpha value is -2.29. The SMILES string of the molecule is CCc1cccc(NC(=O)COc2ccc(C)cc2)c1. The van der Waals surface area contributed by atoms with Crippen LogP contribution < -0.4 is 10.1 Å². The molecular formula is C17H19NO2. The van der Waals surface area contributed by atoms with Gasteiger partial charge in [0.05, 0.1) is 0 Å². The fourth-order valence-electron chi connectivity index (χ4n) is 1.85. The van der Waals surface area contributed by atoms with Crippen LogP contribution in [0.4, 0.5) is 5.69 Å². The Morgan fingerprint density at radius 1 is 1.15 bits per heavy atom. The summed E-state index contributed by atoms with van der Waals surface area (Å²) in [5, 5.41) is 2.83. The predicted molar refractivity (Wildman–Crippen MR) is 81.1 cm³/mol. The molecule has 0 saturated carbocycles. The van der Waals surface area contributed by atoms with Crippen molar-refractivity contribution in [3.63, 3.8) is 0 Å². The van der Waals surface area contributed by atoms with Gasteiger partial charge in [0, 0.05) is 5.69 Å². The number of anilines is 1. The first kappa shape index (κ1) is 14.1. The molecule has 104 valence electrons. The molecule has 0 bridgehead atoms. The van der Waals surface area contributed by atoms with Crippen LogP contribution in [-0.4, -0.2) is 12.5 Å². The Morgan fingerprint density at radius 3 is 2.60 bits per heavy atom. The van der Waals surface area contributed by atoms with E-state index >= 15 is 0 Å². The fourth-order valence-corrected chi connectivity index (χ4v) is 1.85. The molecular weight excluding hydrogens is 250 g/mol. The van der Waals surface area contributed by atoms with Gasteiger partial charge in [0.15, 0.2) is 6.61 Å².